The average Bonchev–Trinajstić information content (AvgIpc) is 1.62. The third-order valence-electron chi connectivity index (χ3n) is 0.340. The maximum Gasteiger partial charge on any atom is 0.291 e. The molecule has 0 N–H and O–H groups in total. The van der Waals surface area contributed by atoms with Crippen molar-refractivity contribution in [2.45, 2.75) is 3.12 Å². The van der Waals surface area contributed by atoms with Gasteiger partial charge in [0.15, 0.2) is 0 Å². The molecule has 50 valence electrons. The lowest BCUT2D eigenvalue weighted by molar-refractivity contribution is 0.446. The summed E-state index contributed by atoms with van der Waals surface area (Å²) in [4.78, 5) is 0. The van der Waals surface area contributed by atoms with Crippen LogP contribution in [0.25, 0.3) is 0 Å². The number of halogens is 3. The Morgan fingerprint density at radius 2 is 1.88 bits per heavy atom. The molecule has 0 fully saturated rings. The predicted octanol–water partition coefficient (Wildman–Crippen LogP) is 1.62. The second-order valence-corrected chi connectivity index (χ2v) is 5.22. The van der Waals surface area contributed by atoms with Crippen molar-refractivity contribution in [3.63, 3.8) is 0 Å². The minimum Gasteiger partial charge on any atom is -0.291 e. The Bertz CT molecular complexity index is 97.9. The highest BCUT2D eigenvalue weighted by Crippen LogP contribution is 2.30. The summed E-state index contributed by atoms with van der Waals surface area (Å²) in [5, 5.41) is 0. The fourth-order valence-corrected chi connectivity index (χ4v) is 0.850. The molecule has 0 rings (SSSR count). The number of rotatable bonds is 1. The van der Waals surface area contributed by atoms with Crippen LogP contribution in [0.5, 0.6) is 0 Å². The molecule has 0 heterocycles. The van der Waals surface area contributed by atoms with E-state index in [1.165, 1.54) is 7.11 Å². The van der Waals surface area contributed by atoms with Crippen LogP contribution in [0, 0.1) is 0 Å². The summed E-state index contributed by atoms with van der Waals surface area (Å²) in [6.07, 6.45) is 0. The van der Waals surface area contributed by atoms with Gasteiger partial charge in [-0.05, 0) is 0 Å². The van der Waals surface area contributed by atoms with Crippen LogP contribution in [-0.2, 0) is 15.3 Å². The van der Waals surface area contributed by atoms with E-state index in [0.717, 1.165) is 0 Å². The van der Waals surface area contributed by atoms with Gasteiger partial charge in [0, 0.05) is 0 Å². The van der Waals surface area contributed by atoms with Crippen molar-refractivity contribution in [2.75, 3.05) is 7.11 Å². The second-order valence-electron chi connectivity index (χ2n) is 0.847. The Morgan fingerprint density at radius 3 is 1.88 bits per heavy atom. The molecule has 0 aliphatic rings. The van der Waals surface area contributed by atoms with Crippen molar-refractivity contribution in [3.8, 4) is 0 Å². The van der Waals surface area contributed by atoms with E-state index in [4.69, 9.17) is 34.8 Å². The number of alkyl halides is 3. The highest BCUT2D eigenvalue weighted by molar-refractivity contribution is 7.86. The summed E-state index contributed by atoms with van der Waals surface area (Å²) < 4.78 is 12.7. The first kappa shape index (κ1) is 8.98. The summed E-state index contributed by atoms with van der Waals surface area (Å²) in [5.41, 5.74) is 0. The van der Waals surface area contributed by atoms with E-state index in [9.17, 15) is 4.21 Å². The zero-order valence-corrected chi connectivity index (χ0v) is 6.94. The van der Waals surface area contributed by atoms with Crippen molar-refractivity contribution in [1.29, 1.82) is 0 Å². The largest absolute Gasteiger partial charge is 0.291 e. The first-order valence-electron chi connectivity index (χ1n) is 1.51. The van der Waals surface area contributed by atoms with Gasteiger partial charge in [0.1, 0.15) is 0 Å². The van der Waals surface area contributed by atoms with Crippen LogP contribution < -0.4 is 0 Å². The molecule has 0 saturated carbocycles. The quantitative estimate of drug-likeness (QED) is 0.597. The van der Waals surface area contributed by atoms with Gasteiger partial charge in [0.25, 0.3) is 3.12 Å². The van der Waals surface area contributed by atoms with Gasteiger partial charge in [0.2, 0.25) is 11.1 Å². The van der Waals surface area contributed by atoms with Crippen molar-refractivity contribution in [1.82, 2.24) is 0 Å². The van der Waals surface area contributed by atoms with E-state index in [0.29, 0.717) is 0 Å². The minimum atomic E-state index is -1.85. The molecule has 0 aromatic heterocycles. The maximum atomic E-state index is 10.3. The SMILES string of the molecule is COS(=O)C(Cl)(Cl)Cl. The molecule has 0 aliphatic heterocycles. The summed E-state index contributed by atoms with van der Waals surface area (Å²) in [7, 11) is 1.19. The van der Waals surface area contributed by atoms with E-state index in [1.807, 2.05) is 0 Å². The van der Waals surface area contributed by atoms with Gasteiger partial charge in [-0.25, -0.2) is 4.21 Å². The first-order valence-corrected chi connectivity index (χ1v) is 3.72. The van der Waals surface area contributed by atoms with Gasteiger partial charge in [-0.2, -0.15) is 0 Å². The molecular formula is C2H3Cl3O2S. The van der Waals surface area contributed by atoms with E-state index >= 15 is 0 Å². The highest BCUT2D eigenvalue weighted by Gasteiger charge is 2.28. The lowest BCUT2D eigenvalue weighted by Gasteiger charge is -2.05. The molecule has 0 spiro atoms. The number of hydrogen-bond donors (Lipinski definition) is 0. The Labute approximate surface area is 64.7 Å². The maximum absolute atomic E-state index is 10.3. The normalized spacial score (nSPS) is 16.0. The van der Waals surface area contributed by atoms with Crippen LogP contribution in [0.3, 0.4) is 0 Å². The average molecular weight is 197 g/mol. The predicted molar refractivity (Wildman–Crippen MR) is 35.4 cm³/mol. The molecule has 0 aromatic rings. The molecule has 6 heteroatoms. The summed E-state index contributed by atoms with van der Waals surface area (Å²) in [6.45, 7) is 0. The fraction of sp³-hybridized carbons (Fsp3) is 1.00. The third kappa shape index (κ3) is 3.10. The lowest BCUT2D eigenvalue weighted by Crippen LogP contribution is -2.12. The molecule has 8 heavy (non-hydrogen) atoms. The molecule has 1 unspecified atom stereocenters. The Morgan fingerprint density at radius 1 is 1.50 bits per heavy atom. The Hall–Kier alpha value is 0.980. The van der Waals surface area contributed by atoms with Crippen LogP contribution in [-0.4, -0.2) is 14.4 Å². The Kier molecular flexibility index (Phi) is 3.62. The van der Waals surface area contributed by atoms with Crippen LogP contribution in [0.2, 0.25) is 0 Å². The van der Waals surface area contributed by atoms with E-state index in [-0.39, 0.29) is 0 Å². The monoisotopic (exact) mass is 196 g/mol. The summed E-state index contributed by atoms with van der Waals surface area (Å²) in [5.74, 6) is 0. The summed E-state index contributed by atoms with van der Waals surface area (Å²) in [6, 6.07) is 0. The Balaban J connectivity index is 3.82. The molecule has 0 aromatic carbocycles. The second kappa shape index (κ2) is 3.22. The van der Waals surface area contributed by atoms with Gasteiger partial charge in [-0.1, -0.05) is 34.8 Å². The minimum absolute atomic E-state index is 1.19. The topological polar surface area (TPSA) is 26.3 Å². The smallest absolute Gasteiger partial charge is 0.291 e. The lowest BCUT2D eigenvalue weighted by atomic mass is 11.8. The molecule has 0 bridgehead atoms. The van der Waals surface area contributed by atoms with E-state index in [2.05, 4.69) is 4.18 Å². The van der Waals surface area contributed by atoms with Gasteiger partial charge in [0.05, 0.1) is 7.11 Å². The molecule has 0 saturated heterocycles. The molecule has 2 nitrogen and oxygen atoms in total. The standard InChI is InChI=1S/C2H3Cl3O2S/c1-7-8(6)2(3,4)5/h1H3. The molecular weight excluding hydrogens is 194 g/mol. The van der Waals surface area contributed by atoms with Crippen molar-refractivity contribution < 1.29 is 8.39 Å². The van der Waals surface area contributed by atoms with Crippen molar-refractivity contribution >= 4 is 45.9 Å². The zero-order valence-electron chi connectivity index (χ0n) is 3.86. The van der Waals surface area contributed by atoms with Crippen LogP contribution in [0.1, 0.15) is 0 Å². The summed E-state index contributed by atoms with van der Waals surface area (Å²) >= 11 is 13.4. The molecule has 1 atom stereocenters. The van der Waals surface area contributed by atoms with Gasteiger partial charge < -0.3 is 0 Å². The zero-order chi connectivity index (χ0) is 6.78. The van der Waals surface area contributed by atoms with Crippen LogP contribution >= 0.6 is 34.8 Å². The van der Waals surface area contributed by atoms with Crippen LogP contribution in [0.4, 0.5) is 0 Å². The highest BCUT2D eigenvalue weighted by atomic mass is 35.6. The first-order chi connectivity index (χ1) is 3.48. The molecule has 0 aliphatic carbocycles. The van der Waals surface area contributed by atoms with Gasteiger partial charge in [-0.3, -0.25) is 4.18 Å². The fourth-order valence-electron chi connectivity index (χ4n) is 0.0945. The molecule has 0 radical (unpaired) electrons. The van der Waals surface area contributed by atoms with Crippen LogP contribution in [0.15, 0.2) is 0 Å². The van der Waals surface area contributed by atoms with E-state index < -0.39 is 14.2 Å². The van der Waals surface area contributed by atoms with Gasteiger partial charge in [-0.15, -0.1) is 0 Å². The van der Waals surface area contributed by atoms with Crippen molar-refractivity contribution in [3.05, 3.63) is 0 Å². The van der Waals surface area contributed by atoms with Gasteiger partial charge >= 0.3 is 0 Å². The van der Waals surface area contributed by atoms with Crippen molar-refractivity contribution in [2.24, 2.45) is 0 Å². The third-order valence-corrected chi connectivity index (χ3v) is 2.15. The number of hydrogen-bond acceptors (Lipinski definition) is 2. The van der Waals surface area contributed by atoms with E-state index in [1.54, 1.807) is 0 Å². The molecule has 0 amide bonds.